The summed E-state index contributed by atoms with van der Waals surface area (Å²) in [6, 6.07) is 8.49. The minimum Gasteiger partial charge on any atom is -0.341 e. The van der Waals surface area contributed by atoms with E-state index in [0.717, 1.165) is 43.6 Å². The van der Waals surface area contributed by atoms with Gasteiger partial charge in [0.25, 0.3) is 5.91 Å². The first kappa shape index (κ1) is 19.0. The van der Waals surface area contributed by atoms with Crippen LogP contribution in [0, 0.1) is 6.92 Å². The molecule has 1 aliphatic rings. The molecule has 8 nitrogen and oxygen atoms in total. The van der Waals surface area contributed by atoms with Crippen molar-refractivity contribution in [1.82, 2.24) is 30.2 Å². The van der Waals surface area contributed by atoms with Gasteiger partial charge in [0, 0.05) is 24.8 Å². The Labute approximate surface area is 168 Å². The Morgan fingerprint density at radius 3 is 2.69 bits per heavy atom. The number of piperidine rings is 1. The van der Waals surface area contributed by atoms with Crippen LogP contribution >= 0.6 is 0 Å². The summed E-state index contributed by atoms with van der Waals surface area (Å²) in [5, 5.41) is 11.2. The van der Waals surface area contributed by atoms with Crippen LogP contribution in [0.1, 0.15) is 42.1 Å². The molecule has 1 aliphatic heterocycles. The monoisotopic (exact) mass is 392 g/mol. The van der Waals surface area contributed by atoms with E-state index in [1.807, 2.05) is 24.0 Å². The van der Waals surface area contributed by atoms with E-state index in [2.05, 4.69) is 20.6 Å². The van der Waals surface area contributed by atoms with Gasteiger partial charge in [0.1, 0.15) is 11.6 Å². The van der Waals surface area contributed by atoms with Crippen LogP contribution in [0.15, 0.2) is 36.5 Å². The van der Waals surface area contributed by atoms with Crippen molar-refractivity contribution in [2.75, 3.05) is 13.1 Å². The number of nitrogens with zero attached hydrogens (tertiary/aromatic N) is 5. The normalized spacial score (nSPS) is 15.3. The molecule has 1 fully saturated rings. The van der Waals surface area contributed by atoms with Gasteiger partial charge in [-0.25, -0.2) is 4.98 Å². The molecule has 1 N–H and O–H groups in total. The van der Waals surface area contributed by atoms with Crippen molar-refractivity contribution < 1.29 is 9.59 Å². The van der Waals surface area contributed by atoms with Crippen LogP contribution in [0.25, 0.3) is 16.9 Å². The van der Waals surface area contributed by atoms with Crippen LogP contribution in [-0.2, 0) is 4.79 Å². The molecule has 0 aliphatic carbocycles. The number of carbonyl (C=O) groups excluding carboxylic acids is 2. The van der Waals surface area contributed by atoms with Gasteiger partial charge in [-0.2, -0.15) is 4.68 Å². The van der Waals surface area contributed by atoms with E-state index < -0.39 is 6.04 Å². The van der Waals surface area contributed by atoms with E-state index in [1.165, 1.54) is 0 Å². The van der Waals surface area contributed by atoms with Crippen molar-refractivity contribution in [2.24, 2.45) is 0 Å². The lowest BCUT2D eigenvalue weighted by atomic mass is 10.1. The molecule has 1 unspecified atom stereocenters. The molecule has 1 atom stereocenters. The summed E-state index contributed by atoms with van der Waals surface area (Å²) in [5.41, 5.74) is 3.29. The largest absolute Gasteiger partial charge is 0.341 e. The summed E-state index contributed by atoms with van der Waals surface area (Å²) >= 11 is 0. The summed E-state index contributed by atoms with van der Waals surface area (Å²) in [4.78, 5) is 31.7. The van der Waals surface area contributed by atoms with Crippen LogP contribution in [0.2, 0.25) is 0 Å². The highest BCUT2D eigenvalue weighted by molar-refractivity contribution is 5.99. The van der Waals surface area contributed by atoms with E-state index in [0.29, 0.717) is 16.7 Å². The number of carbonyl (C=O) groups is 2. The van der Waals surface area contributed by atoms with Crippen molar-refractivity contribution in [3.63, 3.8) is 0 Å². The summed E-state index contributed by atoms with van der Waals surface area (Å²) in [5.74, 6) is -0.307. The second-order valence-electron chi connectivity index (χ2n) is 7.38. The van der Waals surface area contributed by atoms with Crippen LogP contribution in [0.5, 0.6) is 0 Å². The van der Waals surface area contributed by atoms with Crippen LogP contribution in [0.4, 0.5) is 0 Å². The molecule has 0 bridgehead atoms. The molecule has 2 amide bonds. The molecule has 150 valence electrons. The van der Waals surface area contributed by atoms with E-state index in [4.69, 9.17) is 0 Å². The van der Waals surface area contributed by atoms with Gasteiger partial charge in [0.15, 0.2) is 5.65 Å². The summed E-state index contributed by atoms with van der Waals surface area (Å²) < 4.78 is 1.63. The highest BCUT2D eigenvalue weighted by Crippen LogP contribution is 2.21. The number of nitrogens with one attached hydrogen (secondary N) is 1. The lowest BCUT2D eigenvalue weighted by Gasteiger charge is -2.29. The molecular weight excluding hydrogens is 368 g/mol. The summed E-state index contributed by atoms with van der Waals surface area (Å²) in [6.45, 7) is 5.13. The molecule has 0 saturated carbocycles. The van der Waals surface area contributed by atoms with Crippen LogP contribution < -0.4 is 5.32 Å². The van der Waals surface area contributed by atoms with Crippen molar-refractivity contribution in [3.05, 3.63) is 47.7 Å². The molecule has 3 aromatic rings. The molecule has 3 heterocycles. The smallest absolute Gasteiger partial charge is 0.252 e. The lowest BCUT2D eigenvalue weighted by Crippen LogP contribution is -2.48. The molecule has 0 spiro atoms. The SMILES string of the molecule is Cc1c(C(=O)NC(C)C(=O)N2CCCCC2)cccc1-n1nnc2cccnc21. The highest BCUT2D eigenvalue weighted by atomic mass is 16.2. The van der Waals surface area contributed by atoms with Gasteiger partial charge in [-0.15, -0.1) is 5.10 Å². The van der Waals surface area contributed by atoms with Gasteiger partial charge in [-0.3, -0.25) is 9.59 Å². The number of rotatable bonds is 4. The van der Waals surface area contributed by atoms with Crippen molar-refractivity contribution >= 4 is 23.0 Å². The molecule has 2 aromatic heterocycles. The van der Waals surface area contributed by atoms with E-state index in [9.17, 15) is 9.59 Å². The number of pyridine rings is 1. The Hall–Kier alpha value is -3.29. The minimum atomic E-state index is -0.572. The fraction of sp³-hybridized carbons (Fsp3) is 0.381. The molecule has 29 heavy (non-hydrogen) atoms. The summed E-state index contributed by atoms with van der Waals surface area (Å²) in [7, 11) is 0. The average molecular weight is 392 g/mol. The number of amides is 2. The Kier molecular flexibility index (Phi) is 5.24. The van der Waals surface area contributed by atoms with Gasteiger partial charge in [0.05, 0.1) is 5.69 Å². The molecule has 1 aromatic carbocycles. The minimum absolute atomic E-state index is 0.0293. The first-order chi connectivity index (χ1) is 14.1. The number of aromatic nitrogens is 4. The van der Waals surface area contributed by atoms with Gasteiger partial charge < -0.3 is 10.2 Å². The van der Waals surface area contributed by atoms with Crippen LogP contribution in [0.3, 0.4) is 0 Å². The van der Waals surface area contributed by atoms with Crippen LogP contribution in [-0.4, -0.2) is 55.8 Å². The zero-order chi connectivity index (χ0) is 20.4. The third-order valence-corrected chi connectivity index (χ3v) is 5.37. The molecule has 8 heteroatoms. The zero-order valence-electron chi connectivity index (χ0n) is 16.6. The summed E-state index contributed by atoms with van der Waals surface area (Å²) in [6.07, 6.45) is 4.88. The molecule has 0 radical (unpaired) electrons. The standard InChI is InChI=1S/C21H24N6O2/c1-14-16(20(28)23-15(2)21(29)26-12-4-3-5-13-26)8-6-10-18(14)27-19-17(24-25-27)9-7-11-22-19/h6-11,15H,3-5,12-13H2,1-2H3,(H,23,28). The van der Waals surface area contributed by atoms with Crippen molar-refractivity contribution in [1.29, 1.82) is 0 Å². The van der Waals surface area contributed by atoms with Crippen molar-refractivity contribution in [2.45, 2.75) is 39.2 Å². The maximum Gasteiger partial charge on any atom is 0.252 e. The predicted molar refractivity (Wildman–Crippen MR) is 109 cm³/mol. The quantitative estimate of drug-likeness (QED) is 0.735. The first-order valence-corrected chi connectivity index (χ1v) is 9.92. The third kappa shape index (κ3) is 3.70. The Bertz CT molecular complexity index is 1050. The number of hydrogen-bond acceptors (Lipinski definition) is 5. The molecular formula is C21H24N6O2. The van der Waals surface area contributed by atoms with E-state index >= 15 is 0 Å². The average Bonchev–Trinajstić information content (AvgIpc) is 3.18. The van der Waals surface area contributed by atoms with E-state index in [1.54, 1.807) is 36.0 Å². The van der Waals surface area contributed by atoms with Gasteiger partial charge in [0.2, 0.25) is 5.91 Å². The van der Waals surface area contributed by atoms with E-state index in [-0.39, 0.29) is 11.8 Å². The lowest BCUT2D eigenvalue weighted by molar-refractivity contribution is -0.133. The van der Waals surface area contributed by atoms with Gasteiger partial charge in [-0.05, 0) is 62.9 Å². The fourth-order valence-electron chi connectivity index (χ4n) is 3.75. The fourth-order valence-corrected chi connectivity index (χ4v) is 3.75. The Morgan fingerprint density at radius 2 is 1.90 bits per heavy atom. The van der Waals surface area contributed by atoms with Gasteiger partial charge >= 0.3 is 0 Å². The second kappa shape index (κ2) is 7.98. The molecule has 4 rings (SSSR count). The predicted octanol–water partition coefficient (Wildman–Crippen LogP) is 2.25. The molecule has 1 saturated heterocycles. The maximum atomic E-state index is 12.9. The zero-order valence-corrected chi connectivity index (χ0v) is 16.6. The highest BCUT2D eigenvalue weighted by Gasteiger charge is 2.24. The Morgan fingerprint density at radius 1 is 1.10 bits per heavy atom. The first-order valence-electron chi connectivity index (χ1n) is 9.92. The second-order valence-corrected chi connectivity index (χ2v) is 7.38. The number of likely N-dealkylation sites (tertiary alicyclic amines) is 1. The third-order valence-electron chi connectivity index (χ3n) is 5.37. The number of fused-ring (bicyclic) bond motifs is 1. The topological polar surface area (TPSA) is 93.0 Å². The number of benzene rings is 1. The van der Waals surface area contributed by atoms with Crippen molar-refractivity contribution in [3.8, 4) is 5.69 Å². The van der Waals surface area contributed by atoms with Gasteiger partial charge in [-0.1, -0.05) is 11.3 Å². The Balaban J connectivity index is 1.56. The maximum absolute atomic E-state index is 12.9. The number of hydrogen-bond donors (Lipinski definition) is 1.